The van der Waals surface area contributed by atoms with Crippen LogP contribution in [0.4, 0.5) is 4.39 Å². The Hall–Kier alpha value is -3.33. The Kier molecular flexibility index (Phi) is 6.35. The molecule has 1 unspecified atom stereocenters. The van der Waals surface area contributed by atoms with Crippen LogP contribution in [-0.2, 0) is 14.4 Å². The van der Waals surface area contributed by atoms with E-state index in [0.29, 0.717) is 16.7 Å². The van der Waals surface area contributed by atoms with Crippen LogP contribution in [0, 0.1) is 36.9 Å². The molecule has 1 N–H and O–H groups in total. The standard InChI is InChI=1S/C25H25FN2O3/c1-13(2)28-22(30)11-18-10-21(29)24(25(18)31)23-14(3)7-17(8-15(23)4)19-6-5-16(12-27)9-20(19)26/h5-9,13,18,24H,10-11H2,1-4H3,(H,28,30)/t18?,24-/m1/s1. The molecule has 0 saturated heterocycles. The van der Waals surface area contributed by atoms with Gasteiger partial charge in [0.1, 0.15) is 17.5 Å². The normalized spacial score (nSPS) is 18.4. The molecule has 1 aliphatic rings. The Labute approximate surface area is 181 Å². The van der Waals surface area contributed by atoms with Crippen molar-refractivity contribution in [3.05, 3.63) is 58.4 Å². The molecule has 1 saturated carbocycles. The van der Waals surface area contributed by atoms with E-state index in [-0.39, 0.29) is 41.9 Å². The van der Waals surface area contributed by atoms with Crippen molar-refractivity contribution in [2.45, 2.75) is 52.5 Å². The number of ketones is 2. The summed E-state index contributed by atoms with van der Waals surface area (Å²) in [5, 5.41) is 11.7. The van der Waals surface area contributed by atoms with Gasteiger partial charge in [0.05, 0.1) is 11.6 Å². The number of benzene rings is 2. The van der Waals surface area contributed by atoms with Crippen LogP contribution in [0.1, 0.15) is 54.9 Å². The second kappa shape index (κ2) is 8.81. The summed E-state index contributed by atoms with van der Waals surface area (Å²) in [4.78, 5) is 37.9. The van der Waals surface area contributed by atoms with Gasteiger partial charge >= 0.3 is 0 Å². The summed E-state index contributed by atoms with van der Waals surface area (Å²) >= 11 is 0. The maximum atomic E-state index is 14.5. The largest absolute Gasteiger partial charge is 0.354 e. The number of carbonyl (C=O) groups excluding carboxylic acids is 3. The van der Waals surface area contributed by atoms with Gasteiger partial charge in [-0.05, 0) is 62.1 Å². The molecule has 0 aliphatic heterocycles. The quantitative estimate of drug-likeness (QED) is 0.737. The van der Waals surface area contributed by atoms with E-state index in [1.54, 1.807) is 38.1 Å². The Bertz CT molecular complexity index is 1090. The average molecular weight is 420 g/mol. The zero-order valence-corrected chi connectivity index (χ0v) is 18.1. The molecule has 0 bridgehead atoms. The topological polar surface area (TPSA) is 87.0 Å². The molecule has 3 rings (SSSR count). The van der Waals surface area contributed by atoms with Crippen molar-refractivity contribution in [1.82, 2.24) is 5.32 Å². The highest BCUT2D eigenvalue weighted by Crippen LogP contribution is 2.39. The van der Waals surface area contributed by atoms with Gasteiger partial charge in [0.2, 0.25) is 5.91 Å². The molecule has 1 fully saturated rings. The number of Topliss-reactive ketones (excluding diaryl/α,β-unsaturated/α-hetero) is 2. The summed E-state index contributed by atoms with van der Waals surface area (Å²) in [5.41, 5.74) is 3.28. The Morgan fingerprint density at radius 2 is 1.84 bits per heavy atom. The summed E-state index contributed by atoms with van der Waals surface area (Å²) in [6.45, 7) is 7.28. The zero-order chi connectivity index (χ0) is 22.9. The lowest BCUT2D eigenvalue weighted by atomic mass is 9.85. The first-order chi connectivity index (χ1) is 14.6. The summed E-state index contributed by atoms with van der Waals surface area (Å²) in [7, 11) is 0. The van der Waals surface area contributed by atoms with Crippen molar-refractivity contribution >= 4 is 17.5 Å². The van der Waals surface area contributed by atoms with Crippen LogP contribution in [0.15, 0.2) is 30.3 Å². The molecule has 0 radical (unpaired) electrons. The lowest BCUT2D eigenvalue weighted by molar-refractivity contribution is -0.128. The molecule has 2 atom stereocenters. The summed E-state index contributed by atoms with van der Waals surface area (Å²) in [5.74, 6) is -2.66. The molecule has 2 aromatic rings. The Morgan fingerprint density at radius 1 is 1.19 bits per heavy atom. The van der Waals surface area contributed by atoms with Gasteiger partial charge in [0.15, 0.2) is 5.78 Å². The van der Waals surface area contributed by atoms with Crippen molar-refractivity contribution in [2.24, 2.45) is 5.92 Å². The minimum absolute atomic E-state index is 0.00584. The van der Waals surface area contributed by atoms with Crippen LogP contribution in [0.5, 0.6) is 0 Å². The molecular formula is C25H25FN2O3. The molecule has 0 heterocycles. The zero-order valence-electron chi connectivity index (χ0n) is 18.1. The van der Waals surface area contributed by atoms with Crippen molar-refractivity contribution in [3.63, 3.8) is 0 Å². The maximum absolute atomic E-state index is 14.5. The summed E-state index contributed by atoms with van der Waals surface area (Å²) in [6, 6.07) is 9.68. The van der Waals surface area contributed by atoms with Crippen molar-refractivity contribution in [2.75, 3.05) is 0 Å². The maximum Gasteiger partial charge on any atom is 0.220 e. The van der Waals surface area contributed by atoms with E-state index in [0.717, 1.165) is 11.1 Å². The van der Waals surface area contributed by atoms with E-state index < -0.39 is 17.7 Å². The van der Waals surface area contributed by atoms with Crippen molar-refractivity contribution in [3.8, 4) is 17.2 Å². The van der Waals surface area contributed by atoms with Crippen LogP contribution < -0.4 is 5.32 Å². The van der Waals surface area contributed by atoms with Crippen molar-refractivity contribution in [1.29, 1.82) is 5.26 Å². The number of halogens is 1. The molecule has 0 spiro atoms. The van der Waals surface area contributed by atoms with Crippen molar-refractivity contribution < 1.29 is 18.8 Å². The second-order valence-electron chi connectivity index (χ2n) is 8.46. The van der Waals surface area contributed by atoms with E-state index >= 15 is 0 Å². The number of nitrogens with zero attached hydrogens (tertiary/aromatic N) is 1. The number of rotatable bonds is 5. The fraction of sp³-hybridized carbons (Fsp3) is 0.360. The van der Waals surface area contributed by atoms with Gasteiger partial charge in [-0.25, -0.2) is 4.39 Å². The first kappa shape index (κ1) is 22.4. The SMILES string of the molecule is Cc1cc(-c2ccc(C#N)cc2F)cc(C)c1[C@H]1C(=O)CC(CC(=O)NC(C)C)C1=O. The number of aryl methyl sites for hydroxylation is 2. The fourth-order valence-corrected chi connectivity index (χ4v) is 4.34. The van der Waals surface area contributed by atoms with Gasteiger partial charge in [-0.2, -0.15) is 5.26 Å². The predicted molar refractivity (Wildman–Crippen MR) is 115 cm³/mol. The average Bonchev–Trinajstić information content (AvgIpc) is 2.94. The van der Waals surface area contributed by atoms with E-state index in [1.165, 1.54) is 6.07 Å². The van der Waals surface area contributed by atoms with Crippen LogP contribution in [0.2, 0.25) is 0 Å². The van der Waals surface area contributed by atoms with Crippen LogP contribution in [0.3, 0.4) is 0 Å². The van der Waals surface area contributed by atoms with E-state index in [2.05, 4.69) is 5.32 Å². The number of hydrogen-bond donors (Lipinski definition) is 1. The highest BCUT2D eigenvalue weighted by Gasteiger charge is 2.43. The number of nitrogens with one attached hydrogen (secondary N) is 1. The molecule has 160 valence electrons. The second-order valence-corrected chi connectivity index (χ2v) is 8.46. The smallest absolute Gasteiger partial charge is 0.220 e. The van der Waals surface area contributed by atoms with Gasteiger partial charge in [0, 0.05) is 30.4 Å². The minimum atomic E-state index is -0.892. The third kappa shape index (κ3) is 4.56. The molecule has 5 nitrogen and oxygen atoms in total. The highest BCUT2D eigenvalue weighted by atomic mass is 19.1. The number of hydrogen-bond acceptors (Lipinski definition) is 4. The van der Waals surface area contributed by atoms with Crippen LogP contribution >= 0.6 is 0 Å². The number of nitriles is 1. The Morgan fingerprint density at radius 3 is 2.39 bits per heavy atom. The fourth-order valence-electron chi connectivity index (χ4n) is 4.34. The van der Waals surface area contributed by atoms with Gasteiger partial charge in [-0.1, -0.05) is 18.2 Å². The first-order valence-electron chi connectivity index (χ1n) is 10.3. The number of amides is 1. The monoisotopic (exact) mass is 420 g/mol. The number of carbonyl (C=O) groups is 3. The van der Waals surface area contributed by atoms with Crippen LogP contribution in [-0.4, -0.2) is 23.5 Å². The van der Waals surface area contributed by atoms with Gasteiger partial charge in [-0.15, -0.1) is 0 Å². The highest BCUT2D eigenvalue weighted by molar-refractivity contribution is 6.15. The molecule has 1 aliphatic carbocycles. The lowest BCUT2D eigenvalue weighted by Crippen LogP contribution is -2.32. The molecule has 2 aromatic carbocycles. The van der Waals surface area contributed by atoms with Gasteiger partial charge in [-0.3, -0.25) is 14.4 Å². The van der Waals surface area contributed by atoms with E-state index in [1.807, 2.05) is 19.9 Å². The predicted octanol–water partition coefficient (Wildman–Crippen LogP) is 4.14. The van der Waals surface area contributed by atoms with Gasteiger partial charge < -0.3 is 5.32 Å². The third-order valence-corrected chi connectivity index (χ3v) is 5.63. The molecule has 0 aromatic heterocycles. The van der Waals surface area contributed by atoms with E-state index in [9.17, 15) is 18.8 Å². The van der Waals surface area contributed by atoms with E-state index in [4.69, 9.17) is 5.26 Å². The third-order valence-electron chi connectivity index (χ3n) is 5.63. The summed E-state index contributed by atoms with van der Waals surface area (Å²) < 4.78 is 14.5. The molecule has 6 heteroatoms. The minimum Gasteiger partial charge on any atom is -0.354 e. The van der Waals surface area contributed by atoms with Crippen LogP contribution in [0.25, 0.3) is 11.1 Å². The lowest BCUT2D eigenvalue weighted by Gasteiger charge is -2.18. The van der Waals surface area contributed by atoms with Gasteiger partial charge in [0.25, 0.3) is 0 Å². The summed E-state index contributed by atoms with van der Waals surface area (Å²) in [6.07, 6.45) is 0.0613. The molecule has 31 heavy (non-hydrogen) atoms. The molecular weight excluding hydrogens is 395 g/mol. The molecule has 1 amide bonds. The first-order valence-corrected chi connectivity index (χ1v) is 10.3. The Balaban J connectivity index is 1.92.